The summed E-state index contributed by atoms with van der Waals surface area (Å²) in [5.74, 6) is -0.350. The first kappa shape index (κ1) is 19.4. The number of amides is 1. The van der Waals surface area contributed by atoms with Crippen LogP contribution in [0.25, 0.3) is 5.69 Å². The fraction of sp³-hybridized carbons (Fsp3) is 0.412. The summed E-state index contributed by atoms with van der Waals surface area (Å²) in [6.07, 6.45) is -2.55. The fourth-order valence-corrected chi connectivity index (χ4v) is 3.41. The highest BCUT2D eigenvalue weighted by atomic mass is 32.1. The molecule has 0 aliphatic rings. The molecule has 0 saturated carbocycles. The van der Waals surface area contributed by atoms with E-state index >= 15 is 0 Å². The lowest BCUT2D eigenvalue weighted by atomic mass is 10.2. The largest absolute Gasteiger partial charge is 0.416 e. The van der Waals surface area contributed by atoms with Crippen LogP contribution in [0.3, 0.4) is 0 Å². The number of halogens is 3. The summed E-state index contributed by atoms with van der Waals surface area (Å²) in [6, 6.07) is 4.83. The molecule has 0 atom stereocenters. The van der Waals surface area contributed by atoms with E-state index in [2.05, 4.69) is 23.7 Å². The molecular weight excluding hydrogens is 351 g/mol. The minimum atomic E-state index is -4.38. The van der Waals surface area contributed by atoms with Gasteiger partial charge in [-0.2, -0.15) is 18.2 Å². The Balaban J connectivity index is 2.45. The van der Waals surface area contributed by atoms with Crippen LogP contribution in [0.4, 0.5) is 13.2 Å². The lowest BCUT2D eigenvalue weighted by Gasteiger charge is -2.16. The third kappa shape index (κ3) is 5.02. The molecular formula is C17H20F3N3OS. The summed E-state index contributed by atoms with van der Waals surface area (Å²) in [6.45, 7) is 7.93. The van der Waals surface area contributed by atoms with Crippen molar-refractivity contribution in [3.63, 3.8) is 0 Å². The van der Waals surface area contributed by atoms with Gasteiger partial charge < -0.3 is 0 Å². The average molecular weight is 371 g/mol. The Hall–Kier alpha value is -1.93. The second-order valence-corrected chi connectivity index (χ2v) is 6.58. The van der Waals surface area contributed by atoms with Crippen molar-refractivity contribution in [2.75, 3.05) is 13.1 Å². The molecule has 0 fully saturated rings. The van der Waals surface area contributed by atoms with Crippen LogP contribution in [0.15, 0.2) is 35.5 Å². The molecule has 8 heteroatoms. The lowest BCUT2D eigenvalue weighted by Crippen LogP contribution is -2.21. The zero-order valence-corrected chi connectivity index (χ0v) is 15.1. The maximum atomic E-state index is 12.7. The van der Waals surface area contributed by atoms with Crippen LogP contribution in [0.2, 0.25) is 0 Å². The molecule has 0 spiro atoms. The number of hydrogen-bond acceptors (Lipinski definition) is 3. The Bertz CT molecular complexity index is 787. The van der Waals surface area contributed by atoms with Crippen molar-refractivity contribution >= 4 is 17.2 Å². The predicted molar refractivity (Wildman–Crippen MR) is 91.5 cm³/mol. The first-order chi connectivity index (χ1) is 11.7. The summed E-state index contributed by atoms with van der Waals surface area (Å²) in [5.41, 5.74) is -0.171. The normalized spacial score (nSPS) is 12.8. The predicted octanol–water partition coefficient (Wildman–Crippen LogP) is 3.85. The first-order valence-corrected chi connectivity index (χ1v) is 8.72. The molecule has 2 rings (SSSR count). The molecule has 1 aromatic carbocycles. The van der Waals surface area contributed by atoms with E-state index in [1.165, 1.54) is 30.4 Å². The van der Waals surface area contributed by atoms with Crippen LogP contribution in [-0.4, -0.2) is 28.5 Å². The number of aromatic nitrogens is 1. The Morgan fingerprint density at radius 3 is 2.28 bits per heavy atom. The molecule has 2 aromatic rings. The van der Waals surface area contributed by atoms with E-state index in [1.807, 2.05) is 6.20 Å². The Morgan fingerprint density at radius 2 is 1.80 bits per heavy atom. The molecule has 25 heavy (non-hydrogen) atoms. The van der Waals surface area contributed by atoms with Gasteiger partial charge in [0.1, 0.15) is 0 Å². The number of thiazole rings is 1. The Kier molecular flexibility index (Phi) is 6.18. The van der Waals surface area contributed by atoms with Crippen LogP contribution in [0, 0.1) is 0 Å². The van der Waals surface area contributed by atoms with Gasteiger partial charge in [-0.3, -0.25) is 14.3 Å². The number of carbonyl (C=O) groups excluding carboxylic acids is 1. The Labute approximate surface area is 148 Å². The zero-order chi connectivity index (χ0) is 18.6. The summed E-state index contributed by atoms with van der Waals surface area (Å²) < 4.78 is 39.8. The minimum absolute atomic E-state index is 0.350. The molecule has 4 nitrogen and oxygen atoms in total. The van der Waals surface area contributed by atoms with Crippen LogP contribution in [0.1, 0.15) is 31.2 Å². The molecule has 1 aromatic heterocycles. The molecule has 0 aliphatic carbocycles. The molecule has 1 heterocycles. The summed E-state index contributed by atoms with van der Waals surface area (Å²) in [7, 11) is 0. The molecule has 0 bridgehead atoms. The standard InChI is InChI=1S/C17H20F3N3OS/c1-4-22(5-2)10-15-11-23(16(25-15)21-12(3)24)14-8-6-13(7-9-14)17(18,19)20/h6-9,11H,4-5,10H2,1-3H3/b21-16-. The molecule has 0 radical (unpaired) electrons. The second-order valence-electron chi connectivity index (χ2n) is 5.49. The van der Waals surface area contributed by atoms with E-state index in [0.29, 0.717) is 17.0 Å². The maximum absolute atomic E-state index is 12.7. The van der Waals surface area contributed by atoms with Gasteiger partial charge in [0.05, 0.1) is 5.56 Å². The van der Waals surface area contributed by atoms with Gasteiger partial charge in [-0.1, -0.05) is 25.2 Å². The highest BCUT2D eigenvalue weighted by Gasteiger charge is 2.30. The first-order valence-electron chi connectivity index (χ1n) is 7.91. The third-order valence-corrected chi connectivity index (χ3v) is 4.67. The van der Waals surface area contributed by atoms with Gasteiger partial charge in [0, 0.05) is 30.2 Å². The number of carbonyl (C=O) groups is 1. The number of alkyl halides is 3. The second kappa shape index (κ2) is 7.97. The summed E-state index contributed by atoms with van der Waals surface area (Å²) >= 11 is 1.36. The van der Waals surface area contributed by atoms with Crippen LogP contribution < -0.4 is 4.80 Å². The van der Waals surface area contributed by atoms with Crippen molar-refractivity contribution in [3.8, 4) is 5.69 Å². The van der Waals surface area contributed by atoms with Gasteiger partial charge in [0.25, 0.3) is 0 Å². The van der Waals surface area contributed by atoms with Gasteiger partial charge >= 0.3 is 6.18 Å². The zero-order valence-electron chi connectivity index (χ0n) is 14.3. The van der Waals surface area contributed by atoms with Crippen LogP contribution >= 0.6 is 11.3 Å². The van der Waals surface area contributed by atoms with Gasteiger partial charge in [-0.25, -0.2) is 0 Å². The van der Waals surface area contributed by atoms with E-state index < -0.39 is 11.7 Å². The monoisotopic (exact) mass is 371 g/mol. The van der Waals surface area contributed by atoms with Crippen molar-refractivity contribution in [2.24, 2.45) is 4.99 Å². The molecule has 0 aliphatic heterocycles. The lowest BCUT2D eigenvalue weighted by molar-refractivity contribution is -0.137. The highest BCUT2D eigenvalue weighted by Crippen LogP contribution is 2.29. The van der Waals surface area contributed by atoms with E-state index in [1.54, 1.807) is 4.57 Å². The van der Waals surface area contributed by atoms with Gasteiger partial charge in [0.15, 0.2) is 4.80 Å². The van der Waals surface area contributed by atoms with E-state index in [-0.39, 0.29) is 5.91 Å². The molecule has 1 amide bonds. The molecule has 0 unspecified atom stereocenters. The number of nitrogens with zero attached hydrogens (tertiary/aromatic N) is 3. The van der Waals surface area contributed by atoms with Crippen LogP contribution in [0.5, 0.6) is 0 Å². The molecule has 136 valence electrons. The maximum Gasteiger partial charge on any atom is 0.416 e. The van der Waals surface area contributed by atoms with E-state index in [4.69, 9.17) is 0 Å². The minimum Gasteiger partial charge on any atom is -0.299 e. The molecule has 0 N–H and O–H groups in total. The van der Waals surface area contributed by atoms with Crippen molar-refractivity contribution in [1.82, 2.24) is 9.47 Å². The average Bonchev–Trinajstić information content (AvgIpc) is 2.93. The Morgan fingerprint density at radius 1 is 1.20 bits per heavy atom. The number of benzene rings is 1. The highest BCUT2D eigenvalue weighted by molar-refractivity contribution is 7.09. The quantitative estimate of drug-likeness (QED) is 0.801. The number of hydrogen-bond donors (Lipinski definition) is 0. The fourth-order valence-electron chi connectivity index (χ4n) is 2.34. The van der Waals surface area contributed by atoms with Gasteiger partial charge in [-0.05, 0) is 37.4 Å². The summed E-state index contributed by atoms with van der Waals surface area (Å²) in [5, 5.41) is 0. The van der Waals surface area contributed by atoms with Gasteiger partial charge in [0.2, 0.25) is 5.91 Å². The van der Waals surface area contributed by atoms with Gasteiger partial charge in [-0.15, -0.1) is 0 Å². The van der Waals surface area contributed by atoms with E-state index in [0.717, 1.165) is 30.1 Å². The summed E-state index contributed by atoms with van der Waals surface area (Å²) in [4.78, 5) is 19.0. The third-order valence-electron chi connectivity index (χ3n) is 3.70. The number of rotatable bonds is 5. The SMILES string of the molecule is CCN(CC)Cc1cn(-c2ccc(C(F)(F)F)cc2)/c(=N/C(C)=O)s1. The van der Waals surface area contributed by atoms with Crippen molar-refractivity contribution in [3.05, 3.63) is 45.7 Å². The van der Waals surface area contributed by atoms with Crippen molar-refractivity contribution in [1.29, 1.82) is 0 Å². The molecule has 0 saturated heterocycles. The van der Waals surface area contributed by atoms with Crippen molar-refractivity contribution in [2.45, 2.75) is 33.5 Å². The van der Waals surface area contributed by atoms with E-state index in [9.17, 15) is 18.0 Å². The topological polar surface area (TPSA) is 37.6 Å². The van der Waals surface area contributed by atoms with Crippen molar-refractivity contribution < 1.29 is 18.0 Å². The smallest absolute Gasteiger partial charge is 0.299 e. The van der Waals surface area contributed by atoms with Crippen LogP contribution in [-0.2, 0) is 17.5 Å².